The Morgan fingerprint density at radius 1 is 0.521 bits per heavy atom. The lowest BCUT2D eigenvalue weighted by atomic mass is 9.97. The molecule has 0 spiro atoms. The number of aliphatic carboxylic acids is 1. The summed E-state index contributed by atoms with van der Waals surface area (Å²) in [4.78, 5) is 96.4. The number of nitrogens with one attached hydrogen (secondary N) is 3. The second kappa shape index (κ2) is 32.1. The van der Waals surface area contributed by atoms with Crippen LogP contribution in [-0.4, -0.2) is 179 Å². The molecule has 3 aliphatic rings. The van der Waals surface area contributed by atoms with Crippen LogP contribution in [0.5, 0.6) is 34.9 Å². The van der Waals surface area contributed by atoms with Gasteiger partial charge in [-0.1, -0.05) is 50.4 Å². The number of methoxy groups -OCH3 is 4. The molecule has 3 fully saturated rings. The lowest BCUT2D eigenvalue weighted by molar-refractivity contribution is -0.130. The molecule has 0 radical (unpaired) electrons. The number of primary amides is 3. The first-order chi connectivity index (χ1) is 44.9. The summed E-state index contributed by atoms with van der Waals surface area (Å²) in [5.41, 5.74) is 18.3. The van der Waals surface area contributed by atoms with Gasteiger partial charge in [0, 0.05) is 81.7 Å². The number of nitrogens with two attached hydrogens (primary N) is 3. The Balaban J connectivity index is 0.000000200. The van der Waals surface area contributed by atoms with Gasteiger partial charge < -0.3 is 71.4 Å². The number of aromatic nitrogens is 3. The zero-order valence-corrected chi connectivity index (χ0v) is 52.9. The minimum atomic E-state index is -1.60. The molecule has 25 nitrogen and oxygen atoms in total. The highest BCUT2D eigenvalue weighted by Crippen LogP contribution is 2.37. The summed E-state index contributed by atoms with van der Waals surface area (Å²) in [6, 6.07) is 7.82. The number of benzene rings is 3. The van der Waals surface area contributed by atoms with Crippen LogP contribution in [0.3, 0.4) is 0 Å². The molecular weight excluding hydrogens is 1230 g/mol. The van der Waals surface area contributed by atoms with E-state index < -0.39 is 95.8 Å². The van der Waals surface area contributed by atoms with Crippen molar-refractivity contribution in [2.75, 3.05) is 75.5 Å². The van der Waals surface area contributed by atoms with Gasteiger partial charge in [0.1, 0.15) is 43.7 Å². The van der Waals surface area contributed by atoms with Crippen molar-refractivity contribution in [1.82, 2.24) is 35.8 Å². The molecule has 3 aliphatic heterocycles. The van der Waals surface area contributed by atoms with Gasteiger partial charge in [0.2, 0.25) is 17.6 Å². The van der Waals surface area contributed by atoms with Crippen LogP contribution < -0.4 is 61.6 Å². The number of carboxylic acids is 1. The molecular formula is C66H71F3N10O15. The number of alkyl halides is 3. The van der Waals surface area contributed by atoms with E-state index in [1.54, 1.807) is 37.4 Å². The lowest BCUT2D eigenvalue weighted by Gasteiger charge is -2.19. The predicted octanol–water partition coefficient (Wildman–Crippen LogP) is 4.10. The molecule has 496 valence electrons. The fraction of sp³-hybridized carbons (Fsp3) is 0.394. The zero-order valence-electron chi connectivity index (χ0n) is 52.9. The van der Waals surface area contributed by atoms with E-state index in [2.05, 4.69) is 60.5 Å². The molecule has 9 atom stereocenters. The highest BCUT2D eigenvalue weighted by molar-refractivity contribution is 6.06. The summed E-state index contributed by atoms with van der Waals surface area (Å²) in [6.07, 6.45) is 1.10. The highest BCUT2D eigenvalue weighted by atomic mass is 19.1. The first-order valence-corrected chi connectivity index (χ1v) is 29.4. The number of halogens is 3. The van der Waals surface area contributed by atoms with Crippen LogP contribution >= 0.6 is 0 Å². The fourth-order valence-electron chi connectivity index (χ4n) is 10.9. The van der Waals surface area contributed by atoms with Crippen LogP contribution in [-0.2, 0) is 23.9 Å². The number of pyridine rings is 3. The van der Waals surface area contributed by atoms with Crippen molar-refractivity contribution in [1.29, 1.82) is 0 Å². The van der Waals surface area contributed by atoms with E-state index in [1.165, 1.54) is 53.0 Å². The molecule has 3 aromatic carbocycles. The van der Waals surface area contributed by atoms with Gasteiger partial charge in [-0.05, 0) is 69.8 Å². The molecule has 3 aromatic heterocycles. The minimum Gasteiger partial charge on any atom is -0.496 e. The molecule has 6 heterocycles. The van der Waals surface area contributed by atoms with Crippen molar-refractivity contribution in [3.8, 4) is 70.4 Å². The summed E-state index contributed by atoms with van der Waals surface area (Å²) in [7, 11) is 9.56. The monoisotopic (exact) mass is 1300 g/mol. The predicted molar refractivity (Wildman–Crippen MR) is 337 cm³/mol. The number of rotatable bonds is 20. The Morgan fingerprint density at radius 3 is 1.12 bits per heavy atom. The Morgan fingerprint density at radius 2 is 0.840 bits per heavy atom. The second-order valence-electron chi connectivity index (χ2n) is 21.8. The normalized spacial score (nSPS) is 20.1. The van der Waals surface area contributed by atoms with E-state index in [-0.39, 0.29) is 83.6 Å². The van der Waals surface area contributed by atoms with E-state index in [1.807, 2.05) is 38.8 Å². The van der Waals surface area contributed by atoms with Gasteiger partial charge in [-0.2, -0.15) is 0 Å². The Labute approximate surface area is 538 Å². The van der Waals surface area contributed by atoms with E-state index in [0.29, 0.717) is 69.3 Å². The summed E-state index contributed by atoms with van der Waals surface area (Å²) < 4.78 is 80.6. The first kappa shape index (κ1) is 70.8. The summed E-state index contributed by atoms with van der Waals surface area (Å²) >= 11 is 0. The number of carbonyl (C=O) groups excluding carboxylic acids is 6. The maximum Gasteiger partial charge on any atom is 0.382 e. The van der Waals surface area contributed by atoms with Gasteiger partial charge in [0.15, 0.2) is 18.5 Å². The quantitative estimate of drug-likeness (QED) is 0.0529. The van der Waals surface area contributed by atoms with Crippen LogP contribution in [0.4, 0.5) is 13.2 Å². The average molecular weight is 1300 g/mol. The number of amides is 6. The maximum absolute atomic E-state index is 14.1. The average Bonchev–Trinajstić information content (AvgIpc) is 1.14. The molecule has 94 heavy (non-hydrogen) atoms. The molecule has 0 aliphatic carbocycles. The number of fused-ring (bicyclic) bond motifs is 3. The zero-order chi connectivity index (χ0) is 68.7. The van der Waals surface area contributed by atoms with Crippen LogP contribution in [0.25, 0.3) is 32.3 Å². The topological polar surface area (TPSA) is 360 Å². The Bertz CT molecular complexity index is 4100. The van der Waals surface area contributed by atoms with Gasteiger partial charge in [-0.25, -0.2) is 32.9 Å². The van der Waals surface area contributed by atoms with Gasteiger partial charge in [-0.3, -0.25) is 33.7 Å². The molecule has 28 heteroatoms. The van der Waals surface area contributed by atoms with Crippen LogP contribution in [0.15, 0.2) is 55.0 Å². The summed E-state index contributed by atoms with van der Waals surface area (Å²) in [5, 5.41) is 19.8. The largest absolute Gasteiger partial charge is 0.496 e. The summed E-state index contributed by atoms with van der Waals surface area (Å²) in [6.45, 7) is 6.26. The third-order valence-electron chi connectivity index (χ3n) is 15.7. The highest BCUT2D eigenvalue weighted by Gasteiger charge is 2.44. The number of hydrogen-bond acceptors (Lipinski definition) is 18. The number of ether oxygens (including phenoxy) is 7. The first-order valence-electron chi connectivity index (χ1n) is 29.4. The van der Waals surface area contributed by atoms with Crippen LogP contribution in [0.2, 0.25) is 0 Å². The Kier molecular flexibility index (Phi) is 24.2. The SMILES string of the molecule is CC[C@@H]1[C@H](F)C(=O)N[C@@H]1COc1ncc(C#CC(=O)O)c2cc(C(N)=O)c(OC)cc12.CC[C@@H]1[C@H](F)C(=O)N[C@@H]1COc1ncc(C#CCN(C)C)c2cc(C(N)=O)c(OC)cc12.CC[C@@H]1[C@H](F)C(=O)N[C@@H]1COc1ncc(C#CCOC)c2cc(C(N)=O)c(OC)cc12. The third kappa shape index (κ3) is 16.3. The molecule has 3 saturated heterocycles. The number of carbonyl (C=O) groups is 7. The van der Waals surface area contributed by atoms with Gasteiger partial charge in [0.25, 0.3) is 35.4 Å². The van der Waals surface area contributed by atoms with E-state index in [9.17, 15) is 46.7 Å². The molecule has 6 amide bonds. The van der Waals surface area contributed by atoms with Crippen molar-refractivity contribution < 1.29 is 85.0 Å². The minimum absolute atomic E-state index is 0.0349. The molecule has 0 bridgehead atoms. The van der Waals surface area contributed by atoms with Gasteiger partial charge in [0.05, 0.1) is 79.4 Å². The molecule has 6 aromatic rings. The van der Waals surface area contributed by atoms with Gasteiger partial charge in [-0.15, -0.1) is 0 Å². The van der Waals surface area contributed by atoms with Crippen molar-refractivity contribution in [2.24, 2.45) is 35.0 Å². The van der Waals surface area contributed by atoms with Crippen molar-refractivity contribution in [2.45, 2.75) is 76.7 Å². The molecule has 10 N–H and O–H groups in total. The van der Waals surface area contributed by atoms with Gasteiger partial charge >= 0.3 is 5.97 Å². The number of hydrogen-bond donors (Lipinski definition) is 7. The fourth-order valence-corrected chi connectivity index (χ4v) is 10.9. The molecule has 0 saturated carbocycles. The number of nitrogens with zero attached hydrogens (tertiary/aromatic N) is 4. The number of carboxylic acid groups (broad SMARTS) is 1. The summed E-state index contributed by atoms with van der Waals surface area (Å²) in [5.74, 6) is 11.0. The third-order valence-corrected chi connectivity index (χ3v) is 15.7. The van der Waals surface area contributed by atoms with Crippen molar-refractivity contribution in [3.05, 3.63) is 88.4 Å². The van der Waals surface area contributed by atoms with E-state index in [4.69, 9.17) is 55.5 Å². The van der Waals surface area contributed by atoms with E-state index >= 15 is 0 Å². The smallest absolute Gasteiger partial charge is 0.382 e. The standard InChI is InChI=1S/C23H27FN4O4.C22H24FN3O5.C21H20FN3O6/c1-5-14-18(27-22(30)20(14)24)12-32-23-16-10-19(31-4)17(21(25)29)9-15(16)13(11-26-23)7-6-8-28(2)3;1-4-13-17(26-21(28)19(13)23)11-31-22-15-9-18(30-3)16(20(24)27)8-14(15)12(10-25-22)6-5-7-29-2;1-3-11-15(25-20(29)18(11)22)9-31-21-13-7-16(30-2)14(19(23)28)6-12(13)10(8-24-21)4-5-17(26)27/h9-11,14,18,20H,5,8,12H2,1-4H3,(H2,25,29)(H,27,30);8-10,13,17,19H,4,7,11H2,1-3H3,(H2,24,27)(H,26,28);6-8,11,15,18H,3,9H2,1-2H3,(H2,23,28)(H,25,29)(H,26,27)/t14-,18+,20-;13-,17+,19-;11-,15+,18-/m000/s1. The van der Waals surface area contributed by atoms with Crippen LogP contribution in [0, 0.1) is 53.3 Å². The van der Waals surface area contributed by atoms with E-state index in [0.717, 1.165) is 0 Å². The lowest BCUT2D eigenvalue weighted by Crippen LogP contribution is -2.34. The van der Waals surface area contributed by atoms with Crippen molar-refractivity contribution >= 4 is 73.7 Å². The maximum atomic E-state index is 14.1. The van der Waals surface area contributed by atoms with Crippen LogP contribution in [0.1, 0.15) is 87.8 Å². The molecule has 9 rings (SSSR count). The second-order valence-corrected chi connectivity index (χ2v) is 21.8. The van der Waals surface area contributed by atoms with Crippen molar-refractivity contribution in [3.63, 3.8) is 0 Å². The Hall–Kier alpha value is -10.6. The molecule has 0 unspecified atom stereocenters.